The van der Waals surface area contributed by atoms with Crippen LogP contribution in [0.25, 0.3) is 0 Å². The highest BCUT2D eigenvalue weighted by atomic mass is 79.9. The molecule has 1 amide bonds. The zero-order chi connectivity index (χ0) is 12.3. The summed E-state index contributed by atoms with van der Waals surface area (Å²) in [6, 6.07) is 4.09. The maximum absolute atomic E-state index is 12.9. The zero-order valence-corrected chi connectivity index (χ0v) is 11.2. The number of carbonyl (C=O) groups excluding carboxylic acids is 1. The summed E-state index contributed by atoms with van der Waals surface area (Å²) in [5, 5.41) is 0. The van der Waals surface area contributed by atoms with Crippen molar-refractivity contribution in [1.29, 1.82) is 0 Å². The number of carbonyl (C=O) groups is 1. The van der Waals surface area contributed by atoms with E-state index in [1.807, 2.05) is 13.8 Å². The van der Waals surface area contributed by atoms with Crippen molar-refractivity contribution < 1.29 is 9.18 Å². The third-order valence-electron chi connectivity index (χ3n) is 2.15. The number of hydrogen-bond donors (Lipinski definition) is 0. The van der Waals surface area contributed by atoms with Gasteiger partial charge in [-0.2, -0.15) is 0 Å². The molecular formula is C12H15BrFNO. The van der Waals surface area contributed by atoms with Gasteiger partial charge >= 0.3 is 0 Å². The van der Waals surface area contributed by atoms with Gasteiger partial charge in [-0.05, 0) is 40.0 Å². The summed E-state index contributed by atoms with van der Waals surface area (Å²) in [5.41, 5.74) is 0.490. The fraction of sp³-hybridized carbons (Fsp3) is 0.417. The molecule has 0 aliphatic rings. The highest BCUT2D eigenvalue weighted by Crippen LogP contribution is 2.19. The number of hydrogen-bond acceptors (Lipinski definition) is 1. The lowest BCUT2D eigenvalue weighted by Gasteiger charge is -2.20. The molecule has 1 aromatic carbocycles. The zero-order valence-electron chi connectivity index (χ0n) is 9.63. The third kappa shape index (κ3) is 3.30. The molecule has 2 nitrogen and oxygen atoms in total. The summed E-state index contributed by atoms with van der Waals surface area (Å²) < 4.78 is 13.4. The fourth-order valence-corrected chi connectivity index (χ4v) is 2.02. The lowest BCUT2D eigenvalue weighted by atomic mass is 10.1. The normalized spacial score (nSPS) is 10.6. The van der Waals surface area contributed by atoms with Gasteiger partial charge in [0.25, 0.3) is 5.91 Å². The van der Waals surface area contributed by atoms with Gasteiger partial charge in [0.05, 0.1) is 5.56 Å². The van der Waals surface area contributed by atoms with Crippen LogP contribution in [0.4, 0.5) is 4.39 Å². The fourth-order valence-electron chi connectivity index (χ4n) is 1.50. The highest BCUT2D eigenvalue weighted by Gasteiger charge is 2.15. The van der Waals surface area contributed by atoms with Crippen molar-refractivity contribution in [2.24, 2.45) is 5.92 Å². The number of halogens is 2. The first-order chi connectivity index (χ1) is 7.41. The molecule has 1 rings (SSSR count). The predicted molar refractivity (Wildman–Crippen MR) is 65.9 cm³/mol. The number of benzene rings is 1. The van der Waals surface area contributed by atoms with Crippen LogP contribution in [-0.2, 0) is 0 Å². The molecular weight excluding hydrogens is 273 g/mol. The molecule has 0 spiro atoms. The molecule has 0 saturated carbocycles. The first kappa shape index (κ1) is 13.2. The smallest absolute Gasteiger partial charge is 0.254 e. The van der Waals surface area contributed by atoms with E-state index < -0.39 is 0 Å². The average molecular weight is 288 g/mol. The second kappa shape index (κ2) is 5.43. The minimum Gasteiger partial charge on any atom is -0.341 e. The Morgan fingerprint density at radius 3 is 2.62 bits per heavy atom. The van der Waals surface area contributed by atoms with Crippen molar-refractivity contribution in [2.75, 3.05) is 13.6 Å². The Morgan fingerprint density at radius 1 is 1.50 bits per heavy atom. The van der Waals surface area contributed by atoms with Crippen molar-refractivity contribution in [2.45, 2.75) is 13.8 Å². The molecule has 0 saturated heterocycles. The van der Waals surface area contributed by atoms with Gasteiger partial charge < -0.3 is 4.90 Å². The lowest BCUT2D eigenvalue weighted by molar-refractivity contribution is 0.0778. The Kier molecular flexibility index (Phi) is 4.47. The van der Waals surface area contributed by atoms with Crippen LogP contribution in [0.2, 0.25) is 0 Å². The van der Waals surface area contributed by atoms with Crippen molar-refractivity contribution in [3.8, 4) is 0 Å². The molecule has 4 heteroatoms. The molecule has 1 aromatic rings. The second-order valence-corrected chi connectivity index (χ2v) is 5.06. The van der Waals surface area contributed by atoms with E-state index >= 15 is 0 Å². The van der Waals surface area contributed by atoms with E-state index in [-0.39, 0.29) is 11.7 Å². The van der Waals surface area contributed by atoms with E-state index in [4.69, 9.17) is 0 Å². The van der Waals surface area contributed by atoms with Crippen LogP contribution in [0.3, 0.4) is 0 Å². The summed E-state index contributed by atoms with van der Waals surface area (Å²) in [5.74, 6) is -0.0383. The van der Waals surface area contributed by atoms with Crippen LogP contribution in [0.15, 0.2) is 22.7 Å². The van der Waals surface area contributed by atoms with E-state index in [0.29, 0.717) is 22.5 Å². The summed E-state index contributed by atoms with van der Waals surface area (Å²) in [4.78, 5) is 13.6. The summed E-state index contributed by atoms with van der Waals surface area (Å²) in [6.45, 7) is 4.77. The Balaban J connectivity index is 2.88. The van der Waals surface area contributed by atoms with Crippen LogP contribution < -0.4 is 0 Å². The van der Waals surface area contributed by atoms with E-state index in [2.05, 4.69) is 15.9 Å². The van der Waals surface area contributed by atoms with E-state index in [9.17, 15) is 9.18 Å². The molecule has 0 fully saturated rings. The molecule has 0 unspecified atom stereocenters. The largest absolute Gasteiger partial charge is 0.341 e. The third-order valence-corrected chi connectivity index (χ3v) is 2.80. The highest BCUT2D eigenvalue weighted by molar-refractivity contribution is 9.10. The maximum atomic E-state index is 12.9. The molecule has 0 heterocycles. The van der Waals surface area contributed by atoms with Gasteiger partial charge in [0.1, 0.15) is 5.82 Å². The SMILES string of the molecule is CC(C)CN(C)C(=O)c1ccc(F)cc1Br. The number of nitrogens with zero attached hydrogens (tertiary/aromatic N) is 1. The van der Waals surface area contributed by atoms with E-state index in [0.717, 1.165) is 0 Å². The Morgan fingerprint density at radius 2 is 2.12 bits per heavy atom. The van der Waals surface area contributed by atoms with Gasteiger partial charge in [-0.15, -0.1) is 0 Å². The standard InChI is InChI=1S/C12H15BrFNO/c1-8(2)7-15(3)12(16)10-5-4-9(14)6-11(10)13/h4-6,8H,7H2,1-3H3. The van der Waals surface area contributed by atoms with Gasteiger partial charge in [0.2, 0.25) is 0 Å². The molecule has 0 N–H and O–H groups in total. The number of amides is 1. The first-order valence-corrected chi connectivity index (χ1v) is 5.91. The molecule has 0 atom stereocenters. The first-order valence-electron chi connectivity index (χ1n) is 5.12. The molecule has 0 aliphatic heterocycles. The Bertz CT molecular complexity index is 393. The van der Waals surface area contributed by atoms with Crippen LogP contribution in [0.5, 0.6) is 0 Å². The quantitative estimate of drug-likeness (QED) is 0.835. The minimum atomic E-state index is -0.352. The van der Waals surface area contributed by atoms with Gasteiger partial charge in [0, 0.05) is 18.1 Å². The molecule has 0 aromatic heterocycles. The van der Waals surface area contributed by atoms with Crippen molar-refractivity contribution in [1.82, 2.24) is 4.90 Å². The van der Waals surface area contributed by atoms with Gasteiger partial charge in [0.15, 0.2) is 0 Å². The van der Waals surface area contributed by atoms with Gasteiger partial charge in [-0.25, -0.2) is 4.39 Å². The summed E-state index contributed by atoms with van der Waals surface area (Å²) in [6.07, 6.45) is 0. The summed E-state index contributed by atoms with van der Waals surface area (Å²) in [7, 11) is 1.75. The molecule has 88 valence electrons. The van der Waals surface area contributed by atoms with Crippen LogP contribution in [-0.4, -0.2) is 24.4 Å². The van der Waals surface area contributed by atoms with Crippen LogP contribution in [0, 0.1) is 11.7 Å². The van der Waals surface area contributed by atoms with Crippen molar-refractivity contribution in [3.05, 3.63) is 34.1 Å². The lowest BCUT2D eigenvalue weighted by Crippen LogP contribution is -2.30. The average Bonchev–Trinajstić information content (AvgIpc) is 2.15. The minimum absolute atomic E-state index is 0.0967. The molecule has 0 radical (unpaired) electrons. The molecule has 0 aliphatic carbocycles. The maximum Gasteiger partial charge on any atom is 0.254 e. The van der Waals surface area contributed by atoms with Gasteiger partial charge in [-0.3, -0.25) is 4.79 Å². The van der Waals surface area contributed by atoms with Crippen molar-refractivity contribution in [3.63, 3.8) is 0 Å². The van der Waals surface area contributed by atoms with Gasteiger partial charge in [-0.1, -0.05) is 13.8 Å². The topological polar surface area (TPSA) is 20.3 Å². The summed E-state index contributed by atoms with van der Waals surface area (Å²) >= 11 is 3.19. The Labute approximate surface area is 104 Å². The molecule has 0 bridgehead atoms. The van der Waals surface area contributed by atoms with E-state index in [1.54, 1.807) is 11.9 Å². The molecule has 16 heavy (non-hydrogen) atoms. The Hall–Kier alpha value is -0.900. The predicted octanol–water partition coefficient (Wildman–Crippen LogP) is 3.32. The van der Waals surface area contributed by atoms with E-state index in [1.165, 1.54) is 18.2 Å². The number of rotatable bonds is 3. The van der Waals surface area contributed by atoms with Crippen molar-refractivity contribution >= 4 is 21.8 Å². The second-order valence-electron chi connectivity index (χ2n) is 4.20. The monoisotopic (exact) mass is 287 g/mol. The van der Waals surface area contributed by atoms with Crippen LogP contribution in [0.1, 0.15) is 24.2 Å². The van der Waals surface area contributed by atoms with Crippen LogP contribution >= 0.6 is 15.9 Å².